The maximum Gasteiger partial charge on any atom is 0.271 e. The number of hydrogen-bond acceptors (Lipinski definition) is 6. The van der Waals surface area contributed by atoms with Gasteiger partial charge in [-0.05, 0) is 89.4 Å². The van der Waals surface area contributed by atoms with Gasteiger partial charge >= 0.3 is 0 Å². The molecule has 4 aliphatic rings. The van der Waals surface area contributed by atoms with E-state index in [9.17, 15) is 4.79 Å². The molecule has 2 heterocycles. The van der Waals surface area contributed by atoms with E-state index in [1.54, 1.807) is 4.90 Å². The molecule has 1 saturated heterocycles. The highest BCUT2D eigenvalue weighted by Crippen LogP contribution is 2.64. The molecule has 0 N–H and O–H groups in total. The predicted molar refractivity (Wildman–Crippen MR) is 199 cm³/mol. The van der Waals surface area contributed by atoms with Crippen LogP contribution in [0.2, 0.25) is 0 Å². The molecular weight excluding hydrogens is 611 g/mol. The van der Waals surface area contributed by atoms with Gasteiger partial charge < -0.3 is 0 Å². The molecule has 240 valence electrons. The molecule has 3 fully saturated rings. The fraction of sp³-hybridized carbons (Fsp3) is 0.268. The first kappa shape index (κ1) is 30.6. The lowest BCUT2D eigenvalue weighted by molar-refractivity contribution is -0.113. The predicted octanol–water partition coefficient (Wildman–Crippen LogP) is 9.72. The molecular formula is C41H39N5OS. The Bertz CT molecular complexity index is 1970. The van der Waals surface area contributed by atoms with Crippen molar-refractivity contribution >= 4 is 51.7 Å². The number of carbonyl (C=O) groups is 1. The van der Waals surface area contributed by atoms with Crippen LogP contribution in [0.4, 0.5) is 11.4 Å². The van der Waals surface area contributed by atoms with E-state index >= 15 is 0 Å². The first-order valence-electron chi connectivity index (χ1n) is 16.8. The fourth-order valence-corrected chi connectivity index (χ4v) is 8.82. The monoisotopic (exact) mass is 649 g/mol. The number of hydrazone groups is 1. The van der Waals surface area contributed by atoms with Crippen molar-refractivity contribution in [3.8, 4) is 0 Å². The number of amidine groups is 1. The van der Waals surface area contributed by atoms with Crippen molar-refractivity contribution in [3.05, 3.63) is 137 Å². The molecule has 4 aromatic rings. The van der Waals surface area contributed by atoms with Crippen LogP contribution in [0, 0.1) is 16.7 Å². The summed E-state index contributed by atoms with van der Waals surface area (Å²) < 4.78 is 0. The van der Waals surface area contributed by atoms with Gasteiger partial charge in [-0.1, -0.05) is 112 Å². The second kappa shape index (κ2) is 12.0. The Morgan fingerprint density at radius 1 is 0.792 bits per heavy atom. The summed E-state index contributed by atoms with van der Waals surface area (Å²) in [4.78, 5) is 16.3. The summed E-state index contributed by atoms with van der Waals surface area (Å²) in [5.41, 5.74) is 7.61. The molecule has 2 saturated carbocycles. The SMILES string of the molecule is CC12CCC(C/C1=N\N=C1\S/C(=C\c3ccc(N4N=C(c5ccccc5)CC4c4ccccc4)cc3)C(=O)N1c1ccccc1)C2(C)C. The first-order valence-corrected chi connectivity index (χ1v) is 17.6. The van der Waals surface area contributed by atoms with Crippen molar-refractivity contribution in [2.24, 2.45) is 32.1 Å². The van der Waals surface area contributed by atoms with Crippen LogP contribution in [0.5, 0.6) is 0 Å². The quantitative estimate of drug-likeness (QED) is 0.154. The molecule has 6 nitrogen and oxygen atoms in total. The van der Waals surface area contributed by atoms with Crippen LogP contribution in [-0.2, 0) is 4.79 Å². The van der Waals surface area contributed by atoms with E-state index in [1.165, 1.54) is 29.5 Å². The van der Waals surface area contributed by atoms with Gasteiger partial charge in [0.05, 0.1) is 28.0 Å². The van der Waals surface area contributed by atoms with Crippen molar-refractivity contribution < 1.29 is 4.79 Å². The van der Waals surface area contributed by atoms with Crippen LogP contribution in [0.3, 0.4) is 0 Å². The minimum absolute atomic E-state index is 0.0494. The van der Waals surface area contributed by atoms with Crippen LogP contribution >= 0.6 is 11.8 Å². The molecule has 1 amide bonds. The van der Waals surface area contributed by atoms with E-state index < -0.39 is 0 Å². The molecule has 0 aromatic heterocycles. The van der Waals surface area contributed by atoms with Crippen LogP contribution in [0.15, 0.2) is 135 Å². The second-order valence-electron chi connectivity index (χ2n) is 14.0. The van der Waals surface area contributed by atoms with Crippen molar-refractivity contribution in [1.82, 2.24) is 0 Å². The lowest BCUT2D eigenvalue weighted by Gasteiger charge is -2.34. The van der Waals surface area contributed by atoms with E-state index in [4.69, 9.17) is 15.3 Å². The van der Waals surface area contributed by atoms with Crippen molar-refractivity contribution in [3.63, 3.8) is 0 Å². The maximum absolute atomic E-state index is 13.9. The Kier molecular flexibility index (Phi) is 7.67. The Morgan fingerprint density at radius 2 is 1.46 bits per heavy atom. The summed E-state index contributed by atoms with van der Waals surface area (Å²) in [6.45, 7) is 7.08. The van der Waals surface area contributed by atoms with Gasteiger partial charge in [0.2, 0.25) is 5.17 Å². The van der Waals surface area contributed by atoms with Gasteiger partial charge in [0.1, 0.15) is 0 Å². The molecule has 7 heteroatoms. The van der Waals surface area contributed by atoms with E-state index in [2.05, 4.69) is 98.6 Å². The number of benzene rings is 4. The van der Waals surface area contributed by atoms with Crippen molar-refractivity contribution in [2.75, 3.05) is 9.91 Å². The van der Waals surface area contributed by atoms with Gasteiger partial charge in [-0.15, -0.1) is 5.10 Å². The zero-order chi connectivity index (χ0) is 32.9. The molecule has 3 unspecified atom stereocenters. The topological polar surface area (TPSA) is 60.6 Å². The Labute approximate surface area is 287 Å². The third kappa shape index (κ3) is 5.21. The summed E-state index contributed by atoms with van der Waals surface area (Å²) in [5, 5.41) is 17.5. The Balaban J connectivity index is 1.09. The fourth-order valence-electron chi connectivity index (χ4n) is 7.89. The molecule has 2 bridgehead atoms. The maximum atomic E-state index is 13.9. The summed E-state index contributed by atoms with van der Waals surface area (Å²) in [6.07, 6.45) is 6.16. The number of anilines is 2. The lowest BCUT2D eigenvalue weighted by Crippen LogP contribution is -2.32. The van der Waals surface area contributed by atoms with Gasteiger partial charge in [0.15, 0.2) is 0 Å². The molecule has 2 aliphatic heterocycles. The zero-order valence-corrected chi connectivity index (χ0v) is 28.4. The highest BCUT2D eigenvalue weighted by atomic mass is 32.2. The largest absolute Gasteiger partial charge is 0.271 e. The van der Waals surface area contributed by atoms with Crippen LogP contribution in [0.1, 0.15) is 69.2 Å². The highest BCUT2D eigenvalue weighted by molar-refractivity contribution is 8.19. The third-order valence-electron chi connectivity index (χ3n) is 11.2. The van der Waals surface area contributed by atoms with Gasteiger partial charge in [-0.2, -0.15) is 10.2 Å². The lowest BCUT2D eigenvalue weighted by atomic mass is 9.70. The number of fused-ring (bicyclic) bond motifs is 2. The Morgan fingerprint density at radius 3 is 2.10 bits per heavy atom. The van der Waals surface area contributed by atoms with Gasteiger partial charge in [-0.3, -0.25) is 14.7 Å². The number of hydrogen-bond donors (Lipinski definition) is 0. The molecule has 2 aliphatic carbocycles. The molecule has 48 heavy (non-hydrogen) atoms. The normalized spacial score (nSPS) is 27.1. The number of rotatable bonds is 6. The molecule has 3 atom stereocenters. The Hall–Kier alpha value is -4.75. The minimum Gasteiger partial charge on any atom is -0.268 e. The summed E-state index contributed by atoms with van der Waals surface area (Å²) >= 11 is 1.39. The van der Waals surface area contributed by atoms with E-state index in [0.717, 1.165) is 47.5 Å². The number of carbonyl (C=O) groups excluding carboxylic acids is 1. The van der Waals surface area contributed by atoms with E-state index in [0.29, 0.717) is 16.0 Å². The number of nitrogens with zero attached hydrogens (tertiary/aromatic N) is 5. The first-order chi connectivity index (χ1) is 23.3. The average Bonchev–Trinajstić information content (AvgIpc) is 3.81. The van der Waals surface area contributed by atoms with Crippen LogP contribution in [-0.4, -0.2) is 22.5 Å². The minimum atomic E-state index is -0.0884. The number of thioether (sulfide) groups is 1. The summed E-state index contributed by atoms with van der Waals surface area (Å²) in [7, 11) is 0. The van der Waals surface area contributed by atoms with Crippen molar-refractivity contribution in [1.29, 1.82) is 0 Å². The molecule has 0 spiro atoms. The van der Waals surface area contributed by atoms with Crippen molar-refractivity contribution in [2.45, 2.75) is 52.5 Å². The zero-order valence-electron chi connectivity index (χ0n) is 27.6. The number of amides is 1. The van der Waals surface area contributed by atoms with Crippen LogP contribution in [0.25, 0.3) is 6.08 Å². The number of para-hydroxylation sites is 1. The smallest absolute Gasteiger partial charge is 0.268 e. The molecule has 8 rings (SSSR count). The van der Waals surface area contributed by atoms with Gasteiger partial charge in [0.25, 0.3) is 5.91 Å². The summed E-state index contributed by atoms with van der Waals surface area (Å²) in [6, 6.07) is 39.1. The standard InChI is InChI=1S/C41H39N5OS/c1-40(2)31-23-24-41(40,3)37(26-31)42-43-39-45(32-17-11-6-12-18-32)38(47)36(48-39)25-28-19-21-33(22-20-28)46-35(30-15-9-5-10-16-30)27-34(44-46)29-13-7-4-8-14-29/h4-22,25,31,35H,23-24,26-27H2,1-3H3/b36-25-,42-37+,43-39+. The summed E-state index contributed by atoms with van der Waals surface area (Å²) in [5.74, 6) is 0.552. The average molecular weight is 650 g/mol. The third-order valence-corrected chi connectivity index (χ3v) is 12.2. The highest BCUT2D eigenvalue weighted by Gasteiger charge is 2.60. The van der Waals surface area contributed by atoms with Gasteiger partial charge in [-0.25, -0.2) is 0 Å². The van der Waals surface area contributed by atoms with Crippen LogP contribution < -0.4 is 9.91 Å². The molecule has 0 radical (unpaired) electrons. The van der Waals surface area contributed by atoms with E-state index in [1.807, 2.05) is 48.5 Å². The second-order valence-corrected chi connectivity index (χ2v) is 15.0. The van der Waals surface area contributed by atoms with E-state index in [-0.39, 0.29) is 22.8 Å². The molecule has 4 aromatic carbocycles. The van der Waals surface area contributed by atoms with Gasteiger partial charge in [0, 0.05) is 17.5 Å².